The molecule has 0 aliphatic carbocycles. The van der Waals surface area contributed by atoms with Crippen molar-refractivity contribution in [3.8, 4) is 5.88 Å². The van der Waals surface area contributed by atoms with Crippen molar-refractivity contribution in [3.63, 3.8) is 0 Å². The first kappa shape index (κ1) is 25.3. The summed E-state index contributed by atoms with van der Waals surface area (Å²) >= 11 is 5.66. The quantitative estimate of drug-likeness (QED) is 0.561. The molecule has 10 heteroatoms. The van der Waals surface area contributed by atoms with E-state index in [4.69, 9.17) is 21.1 Å². The van der Waals surface area contributed by atoms with Crippen LogP contribution in [0.15, 0.2) is 6.07 Å². The van der Waals surface area contributed by atoms with E-state index in [1.54, 1.807) is 20.8 Å². The van der Waals surface area contributed by atoms with Gasteiger partial charge in [0.25, 0.3) is 0 Å². The summed E-state index contributed by atoms with van der Waals surface area (Å²) in [7, 11) is 0. The van der Waals surface area contributed by atoms with Crippen molar-refractivity contribution in [2.24, 2.45) is 0 Å². The summed E-state index contributed by atoms with van der Waals surface area (Å²) in [5, 5.41) is 1.79. The smallest absolute Gasteiger partial charge is 0.421 e. The molecule has 1 amide bonds. The number of ether oxygens (including phenoxy) is 1. The number of aldehydes is 1. The van der Waals surface area contributed by atoms with Crippen LogP contribution in [0.1, 0.15) is 26.3 Å². The first-order chi connectivity index (χ1) is 10.3. The largest absolute Gasteiger partial charge is 0.471 e. The molecule has 0 aliphatic heterocycles. The molecule has 5 nitrogen and oxygen atoms in total. The van der Waals surface area contributed by atoms with E-state index in [1.807, 2.05) is 0 Å². The molecule has 1 rings (SSSR count). The van der Waals surface area contributed by atoms with Crippen LogP contribution < -0.4 is 10.1 Å². The van der Waals surface area contributed by atoms with Crippen LogP contribution in [0.5, 0.6) is 5.88 Å². The second-order valence-corrected chi connectivity index (χ2v) is 5.51. The van der Waals surface area contributed by atoms with Crippen LogP contribution in [0.25, 0.3) is 0 Å². The van der Waals surface area contributed by atoms with Gasteiger partial charge in [0.1, 0.15) is 11.2 Å². The molecule has 0 aromatic carbocycles. The fourth-order valence-corrected chi connectivity index (χ4v) is 1.46. The number of anilines is 1. The van der Waals surface area contributed by atoms with Gasteiger partial charge >= 0.3 is 6.18 Å². The van der Waals surface area contributed by atoms with Crippen molar-refractivity contribution < 1.29 is 60.2 Å². The van der Waals surface area contributed by atoms with E-state index in [2.05, 4.69) is 24.1 Å². The molecule has 0 unspecified atom stereocenters. The summed E-state index contributed by atoms with van der Waals surface area (Å²) in [4.78, 5) is 23.2. The van der Waals surface area contributed by atoms with Gasteiger partial charge in [-0.2, -0.15) is 18.2 Å². The Hall–Kier alpha value is -0.986. The van der Waals surface area contributed by atoms with Crippen LogP contribution in [-0.4, -0.2) is 22.8 Å². The van der Waals surface area contributed by atoms with Crippen LogP contribution in [-0.2, 0) is 48.5 Å². The Bertz CT molecular complexity index is 576. The summed E-state index contributed by atoms with van der Waals surface area (Å²) in [6.45, 7) is 10.6. The average Bonchev–Trinajstić information content (AvgIpc) is 2.30. The third-order valence-electron chi connectivity index (χ3n) is 1.91. The molecular weight excluding hydrogens is 426 g/mol. The van der Waals surface area contributed by atoms with Gasteiger partial charge in [-0.25, -0.2) is 0 Å². The molecule has 0 spiro atoms. The van der Waals surface area contributed by atoms with E-state index in [9.17, 15) is 18.0 Å². The number of pyridine rings is 1. The van der Waals surface area contributed by atoms with Crippen molar-refractivity contribution in [2.45, 2.75) is 32.5 Å². The van der Waals surface area contributed by atoms with Crippen LogP contribution in [0, 0.1) is 13.8 Å². The van der Waals surface area contributed by atoms with Gasteiger partial charge in [-0.15, -0.1) is 0 Å². The number of hydrogen-bond donors (Lipinski definition) is 1. The fourth-order valence-electron chi connectivity index (χ4n) is 1.26. The van der Waals surface area contributed by atoms with E-state index in [0.29, 0.717) is 12.4 Å². The maximum atomic E-state index is 12.9. The molecule has 1 N–H and O–H groups in total. The van der Waals surface area contributed by atoms with Gasteiger partial charge in [-0.3, -0.25) is 0 Å². The first-order valence-electron chi connectivity index (χ1n) is 6.14. The molecule has 0 saturated heterocycles. The molecule has 1 radical (unpaired) electrons. The van der Waals surface area contributed by atoms with E-state index in [0.717, 1.165) is 0 Å². The molecular formula is C14H16ClF3N2O3Y-2. The number of carbonyl (C=O) groups excluding carboxylic acids is 2. The number of aromatic nitrogens is 1. The topological polar surface area (TPSA) is 68.3 Å². The Balaban J connectivity index is 0. The molecule has 0 atom stereocenters. The Morgan fingerprint density at radius 1 is 1.38 bits per heavy atom. The van der Waals surface area contributed by atoms with Crippen LogP contribution >= 0.6 is 11.6 Å². The van der Waals surface area contributed by atoms with Gasteiger partial charge < -0.3 is 33.5 Å². The third kappa shape index (κ3) is 9.34. The van der Waals surface area contributed by atoms with Gasteiger partial charge in [-0.1, -0.05) is 11.6 Å². The summed E-state index contributed by atoms with van der Waals surface area (Å²) in [6, 6.07) is 0.654. The Morgan fingerprint density at radius 2 is 1.83 bits per heavy atom. The number of nitrogens with zero attached hydrogens (tertiary/aromatic N) is 1. The van der Waals surface area contributed by atoms with Crippen LogP contribution in [0.2, 0.25) is 5.02 Å². The Kier molecular flexibility index (Phi) is 10.6. The molecule has 1 aromatic heterocycles. The zero-order chi connectivity index (χ0) is 18.4. The van der Waals surface area contributed by atoms with Crippen molar-refractivity contribution in [1.29, 1.82) is 0 Å². The Morgan fingerprint density at radius 3 is 2.17 bits per heavy atom. The molecule has 133 valence electrons. The predicted octanol–water partition coefficient (Wildman–Crippen LogP) is 3.72. The van der Waals surface area contributed by atoms with Gasteiger partial charge in [0.05, 0.1) is 10.9 Å². The van der Waals surface area contributed by atoms with Crippen LogP contribution in [0.3, 0.4) is 0 Å². The average molecular weight is 442 g/mol. The zero-order valence-corrected chi connectivity index (χ0v) is 16.9. The van der Waals surface area contributed by atoms with E-state index < -0.39 is 29.1 Å². The zero-order valence-electron chi connectivity index (χ0n) is 13.3. The molecule has 1 heterocycles. The fraction of sp³-hybridized carbons (Fsp3) is 0.357. The SMILES string of the molecule is [CH2-]C(=O)Nc1nc(OC(C)(C)C)c(C(F)(F)F)cc1Cl.[CH2-]C=O.[Y]. The minimum atomic E-state index is -4.68. The van der Waals surface area contributed by atoms with Crippen LogP contribution in [0.4, 0.5) is 19.0 Å². The predicted molar refractivity (Wildman–Crippen MR) is 80.0 cm³/mol. The number of carbonyl (C=O) groups is 2. The molecule has 0 saturated carbocycles. The van der Waals surface area contributed by atoms with Crippen molar-refractivity contribution >= 4 is 29.6 Å². The number of alkyl halides is 3. The summed E-state index contributed by atoms with van der Waals surface area (Å²) in [5.41, 5.74) is -2.01. The Labute approximate surface area is 168 Å². The van der Waals surface area contributed by atoms with E-state index in [-0.39, 0.29) is 43.5 Å². The number of hydrogen-bond acceptors (Lipinski definition) is 4. The van der Waals surface area contributed by atoms with E-state index >= 15 is 0 Å². The van der Waals surface area contributed by atoms with Gasteiger partial charge in [-0.05, 0) is 33.1 Å². The molecule has 0 fully saturated rings. The van der Waals surface area contributed by atoms with Gasteiger partial charge in [0, 0.05) is 32.7 Å². The molecule has 24 heavy (non-hydrogen) atoms. The van der Waals surface area contributed by atoms with Crippen molar-refractivity contribution in [2.75, 3.05) is 5.32 Å². The number of amides is 1. The maximum absolute atomic E-state index is 12.9. The number of halogens is 4. The summed E-state index contributed by atoms with van der Waals surface area (Å²) in [6.07, 6.45) is -4.18. The summed E-state index contributed by atoms with van der Waals surface area (Å²) in [5.74, 6) is -1.64. The van der Waals surface area contributed by atoms with Crippen molar-refractivity contribution in [3.05, 3.63) is 30.5 Å². The minimum Gasteiger partial charge on any atom is -0.471 e. The van der Waals surface area contributed by atoms with Crippen molar-refractivity contribution in [1.82, 2.24) is 4.98 Å². The maximum Gasteiger partial charge on any atom is 0.421 e. The second kappa shape index (κ2) is 10.1. The number of rotatable bonds is 2. The molecule has 1 aromatic rings. The number of nitrogens with one attached hydrogen (secondary N) is 1. The minimum absolute atomic E-state index is 0. The molecule has 0 bridgehead atoms. The summed E-state index contributed by atoms with van der Waals surface area (Å²) < 4.78 is 43.9. The van der Waals surface area contributed by atoms with Gasteiger partial charge in [0.15, 0.2) is 5.82 Å². The standard InChI is InChI=1S/C12H13ClF3N2O2.C2H3O.Y/c1-6(19)17-9-8(13)5-7(12(14,15)16)10(18-9)20-11(2,3)4;1-2-3;/h5H,1H2,2-4H3,(H,17,18,19);2H,1H2;/q2*-1;. The molecule has 0 aliphatic rings. The third-order valence-corrected chi connectivity index (χ3v) is 2.20. The van der Waals surface area contributed by atoms with Gasteiger partial charge in [0.2, 0.25) is 5.88 Å². The van der Waals surface area contributed by atoms with E-state index in [1.165, 1.54) is 0 Å². The normalized spacial score (nSPS) is 10.6. The second-order valence-electron chi connectivity index (χ2n) is 5.10. The first-order valence-corrected chi connectivity index (χ1v) is 6.52. The monoisotopic (exact) mass is 441 g/mol.